The van der Waals surface area contributed by atoms with Crippen LogP contribution in [0.2, 0.25) is 0 Å². The number of nitrogens with zero attached hydrogens (tertiary/aromatic N) is 2. The predicted molar refractivity (Wildman–Crippen MR) is 170 cm³/mol. The normalized spacial score (nSPS) is 12.1. The summed E-state index contributed by atoms with van der Waals surface area (Å²) >= 11 is 0. The highest BCUT2D eigenvalue weighted by atomic mass is 19.3. The zero-order valence-corrected chi connectivity index (χ0v) is 27.3. The predicted octanol–water partition coefficient (Wildman–Crippen LogP) is 3.60. The number of benzene rings is 2. The Morgan fingerprint density at radius 2 is 1.59 bits per heavy atom. The van der Waals surface area contributed by atoms with E-state index in [1.54, 1.807) is 35.6 Å². The highest BCUT2D eigenvalue weighted by Crippen LogP contribution is 2.22. The molecule has 0 saturated carbocycles. The van der Waals surface area contributed by atoms with Gasteiger partial charge in [0.15, 0.2) is 0 Å². The number of carbonyl (C=O) groups excluding carboxylic acids is 5. The average molecular weight is 688 g/mol. The summed E-state index contributed by atoms with van der Waals surface area (Å²) in [5, 5.41) is 6.05. The van der Waals surface area contributed by atoms with E-state index in [-0.39, 0.29) is 18.0 Å². The minimum absolute atomic E-state index is 0.126. The number of halogens is 3. The zero-order valence-electron chi connectivity index (χ0n) is 27.3. The van der Waals surface area contributed by atoms with E-state index in [9.17, 15) is 33.2 Å². The number of nitrogens with one attached hydrogen (secondary N) is 3. The number of esters is 1. The summed E-state index contributed by atoms with van der Waals surface area (Å²) in [7, 11) is 0. The Hall–Kier alpha value is -5.54. The standard InChI is InChI=1S/C33H36F3N5O8/c1-19(2)26(27(44)33(35,36)30(46)38-16-25(43)49-32(3,4)5)40-24(42)17-41-28(21-11-13-22(34)14-12-21)37-15-23(29(41)45)39-31(47)48-18-20-9-7-6-8-10-20/h6-15,19,26H,16-18H2,1-5H3,(H,38,46)(H,39,47)(H,40,42). The molecule has 13 nitrogen and oxygen atoms in total. The Balaban J connectivity index is 1.83. The van der Waals surface area contributed by atoms with Crippen LogP contribution in [0.1, 0.15) is 40.2 Å². The third-order valence-corrected chi connectivity index (χ3v) is 6.57. The lowest BCUT2D eigenvalue weighted by atomic mass is 9.95. The second-order valence-electron chi connectivity index (χ2n) is 12.1. The van der Waals surface area contributed by atoms with E-state index in [0.29, 0.717) is 5.56 Å². The first-order valence-corrected chi connectivity index (χ1v) is 14.9. The second kappa shape index (κ2) is 16.0. The van der Waals surface area contributed by atoms with Crippen LogP contribution in [0.3, 0.4) is 0 Å². The molecule has 1 atom stereocenters. The Labute approximate surface area is 279 Å². The van der Waals surface area contributed by atoms with Crippen LogP contribution in [0.4, 0.5) is 23.7 Å². The van der Waals surface area contributed by atoms with E-state index in [2.05, 4.69) is 15.6 Å². The zero-order chi connectivity index (χ0) is 36.5. The molecule has 3 aromatic rings. The van der Waals surface area contributed by atoms with Gasteiger partial charge in [0.25, 0.3) is 11.5 Å². The van der Waals surface area contributed by atoms with Crippen LogP contribution >= 0.6 is 0 Å². The van der Waals surface area contributed by atoms with E-state index < -0.39 is 83.3 Å². The number of hydrogen-bond donors (Lipinski definition) is 3. The van der Waals surface area contributed by atoms with Gasteiger partial charge in [-0.3, -0.25) is 33.9 Å². The van der Waals surface area contributed by atoms with Crippen molar-refractivity contribution in [2.24, 2.45) is 5.92 Å². The quantitative estimate of drug-likeness (QED) is 0.179. The molecule has 1 aromatic heterocycles. The Morgan fingerprint density at radius 3 is 2.18 bits per heavy atom. The van der Waals surface area contributed by atoms with Gasteiger partial charge in [0, 0.05) is 5.56 Å². The Bertz CT molecular complexity index is 1740. The second-order valence-corrected chi connectivity index (χ2v) is 12.1. The van der Waals surface area contributed by atoms with Gasteiger partial charge >= 0.3 is 18.0 Å². The topological polar surface area (TPSA) is 175 Å². The molecule has 262 valence electrons. The third kappa shape index (κ3) is 10.7. The van der Waals surface area contributed by atoms with Gasteiger partial charge in [-0.25, -0.2) is 14.2 Å². The van der Waals surface area contributed by atoms with Crippen LogP contribution in [0, 0.1) is 11.7 Å². The highest BCUT2D eigenvalue weighted by Gasteiger charge is 2.51. The van der Waals surface area contributed by atoms with Crippen molar-refractivity contribution in [2.45, 2.75) is 65.3 Å². The first kappa shape index (κ1) is 37.9. The average Bonchev–Trinajstić information content (AvgIpc) is 3.03. The smallest absolute Gasteiger partial charge is 0.412 e. The van der Waals surface area contributed by atoms with Gasteiger partial charge in [-0.15, -0.1) is 0 Å². The lowest BCUT2D eigenvalue weighted by Gasteiger charge is -2.26. The van der Waals surface area contributed by atoms with E-state index in [4.69, 9.17) is 9.47 Å². The summed E-state index contributed by atoms with van der Waals surface area (Å²) in [5.41, 5.74) is -1.50. The number of ketones is 1. The molecule has 49 heavy (non-hydrogen) atoms. The maximum absolute atomic E-state index is 15.0. The monoisotopic (exact) mass is 687 g/mol. The van der Waals surface area contributed by atoms with Gasteiger partial charge in [0.05, 0.1) is 12.2 Å². The lowest BCUT2D eigenvalue weighted by molar-refractivity contribution is -0.163. The SMILES string of the molecule is CC(C)C(NC(=O)Cn1c(-c2ccc(F)cc2)ncc(NC(=O)OCc2ccccc2)c1=O)C(=O)C(F)(F)C(=O)NCC(=O)OC(C)(C)C. The lowest BCUT2D eigenvalue weighted by Crippen LogP contribution is -2.57. The van der Waals surface area contributed by atoms with Crippen LogP contribution in [0.25, 0.3) is 11.4 Å². The molecule has 0 saturated heterocycles. The molecular formula is C33H36F3N5O8. The molecule has 3 amide bonds. The number of ether oxygens (including phenoxy) is 2. The van der Waals surface area contributed by atoms with Crippen LogP contribution in [-0.2, 0) is 41.8 Å². The van der Waals surface area contributed by atoms with E-state index in [1.165, 1.54) is 46.8 Å². The van der Waals surface area contributed by atoms with Crippen molar-refractivity contribution in [1.82, 2.24) is 20.2 Å². The summed E-state index contributed by atoms with van der Waals surface area (Å²) < 4.78 is 54.5. The van der Waals surface area contributed by atoms with E-state index >= 15 is 8.78 Å². The molecule has 1 unspecified atom stereocenters. The fourth-order valence-corrected chi connectivity index (χ4v) is 4.27. The molecule has 2 aromatic carbocycles. The van der Waals surface area contributed by atoms with Gasteiger partial charge in [0.2, 0.25) is 11.7 Å². The number of carbonyl (C=O) groups is 5. The Kier molecular flexibility index (Phi) is 12.4. The van der Waals surface area contributed by atoms with Gasteiger partial charge in [-0.2, -0.15) is 8.78 Å². The molecule has 0 aliphatic rings. The van der Waals surface area contributed by atoms with Crippen LogP contribution in [0.15, 0.2) is 65.6 Å². The number of hydrogen-bond acceptors (Lipinski definition) is 9. The third-order valence-electron chi connectivity index (χ3n) is 6.57. The van der Waals surface area contributed by atoms with Gasteiger partial charge < -0.3 is 20.1 Å². The summed E-state index contributed by atoms with van der Waals surface area (Å²) in [6.07, 6.45) is -0.0262. The van der Waals surface area contributed by atoms with Crippen molar-refractivity contribution in [1.29, 1.82) is 0 Å². The fourth-order valence-electron chi connectivity index (χ4n) is 4.27. The number of alkyl halides is 2. The van der Waals surface area contributed by atoms with Crippen molar-refractivity contribution < 1.29 is 46.6 Å². The maximum atomic E-state index is 15.0. The van der Waals surface area contributed by atoms with Gasteiger partial charge in [-0.1, -0.05) is 44.2 Å². The van der Waals surface area contributed by atoms with Crippen molar-refractivity contribution in [3.63, 3.8) is 0 Å². The Morgan fingerprint density at radius 1 is 0.959 bits per heavy atom. The summed E-state index contributed by atoms with van der Waals surface area (Å²) in [4.78, 5) is 80.4. The minimum Gasteiger partial charge on any atom is -0.459 e. The molecular weight excluding hydrogens is 651 g/mol. The number of amides is 3. The van der Waals surface area contributed by atoms with Crippen molar-refractivity contribution >= 4 is 35.3 Å². The first-order valence-electron chi connectivity index (χ1n) is 14.9. The molecule has 0 spiro atoms. The van der Waals surface area contributed by atoms with E-state index in [1.807, 2.05) is 0 Å². The maximum Gasteiger partial charge on any atom is 0.412 e. The largest absolute Gasteiger partial charge is 0.459 e. The van der Waals surface area contributed by atoms with Crippen LogP contribution in [0.5, 0.6) is 0 Å². The number of Topliss-reactive ketones (excluding diaryl/α,β-unsaturated/α-hetero) is 1. The summed E-state index contributed by atoms with van der Waals surface area (Å²) in [6.45, 7) is 5.29. The summed E-state index contributed by atoms with van der Waals surface area (Å²) in [5.74, 6) is -12.6. The molecule has 0 aliphatic carbocycles. The highest BCUT2D eigenvalue weighted by molar-refractivity contribution is 6.11. The number of aromatic nitrogens is 2. The molecule has 0 aliphatic heterocycles. The van der Waals surface area contributed by atoms with Crippen LogP contribution < -0.4 is 21.5 Å². The first-order chi connectivity index (χ1) is 22.9. The number of anilines is 1. The molecule has 16 heteroatoms. The molecule has 1 heterocycles. The van der Waals surface area contributed by atoms with Crippen molar-refractivity contribution in [2.75, 3.05) is 11.9 Å². The van der Waals surface area contributed by atoms with Gasteiger partial charge in [0.1, 0.15) is 42.6 Å². The van der Waals surface area contributed by atoms with Gasteiger partial charge in [-0.05, 0) is 56.5 Å². The molecule has 0 radical (unpaired) electrons. The molecule has 3 rings (SSSR count). The van der Waals surface area contributed by atoms with Crippen molar-refractivity contribution in [3.05, 3.63) is 82.5 Å². The fraction of sp³-hybridized carbons (Fsp3) is 0.364. The van der Waals surface area contributed by atoms with Crippen molar-refractivity contribution in [3.8, 4) is 11.4 Å². The molecule has 0 fully saturated rings. The van der Waals surface area contributed by atoms with E-state index in [0.717, 1.165) is 22.9 Å². The molecule has 0 bridgehead atoms. The van der Waals surface area contributed by atoms with Crippen LogP contribution in [-0.4, -0.2) is 63.3 Å². The minimum atomic E-state index is -4.67. The molecule has 3 N–H and O–H groups in total. The summed E-state index contributed by atoms with van der Waals surface area (Å²) in [6, 6.07) is 11.4. The number of rotatable bonds is 13.